The van der Waals surface area contributed by atoms with Gasteiger partial charge >= 0.3 is 0 Å². The molecular weight excluding hydrogens is 374 g/mol. The van der Waals surface area contributed by atoms with Crippen molar-refractivity contribution in [2.75, 3.05) is 19.8 Å². The van der Waals surface area contributed by atoms with Gasteiger partial charge in [0.15, 0.2) is 11.5 Å². The first-order valence-corrected chi connectivity index (χ1v) is 10.5. The van der Waals surface area contributed by atoms with E-state index in [4.69, 9.17) is 9.47 Å². The van der Waals surface area contributed by atoms with Crippen molar-refractivity contribution < 1.29 is 14.3 Å². The number of hydrogen-bond donors (Lipinski definition) is 1. The van der Waals surface area contributed by atoms with E-state index in [9.17, 15) is 4.79 Å². The van der Waals surface area contributed by atoms with Crippen molar-refractivity contribution in [2.45, 2.75) is 26.2 Å². The van der Waals surface area contributed by atoms with Gasteiger partial charge in [0.2, 0.25) is 5.91 Å². The maximum atomic E-state index is 13.1. The molecule has 3 aromatic rings. The summed E-state index contributed by atoms with van der Waals surface area (Å²) in [7, 11) is 0. The summed E-state index contributed by atoms with van der Waals surface area (Å²) < 4.78 is 11.3. The Kier molecular flexibility index (Phi) is 7.90. The molecule has 0 bridgehead atoms. The lowest BCUT2D eigenvalue weighted by Gasteiger charge is -2.18. The van der Waals surface area contributed by atoms with Gasteiger partial charge in [-0.2, -0.15) is 0 Å². The summed E-state index contributed by atoms with van der Waals surface area (Å²) in [5.74, 6) is 1.17. The average molecular weight is 404 g/mol. The maximum absolute atomic E-state index is 13.1. The Bertz CT molecular complexity index is 886. The van der Waals surface area contributed by atoms with Gasteiger partial charge in [-0.25, -0.2) is 0 Å². The van der Waals surface area contributed by atoms with Crippen molar-refractivity contribution >= 4 is 5.91 Å². The van der Waals surface area contributed by atoms with E-state index in [0.717, 1.165) is 28.2 Å². The van der Waals surface area contributed by atoms with Crippen molar-refractivity contribution in [3.63, 3.8) is 0 Å². The van der Waals surface area contributed by atoms with E-state index in [0.29, 0.717) is 26.2 Å². The first kappa shape index (κ1) is 21.4. The SMILES string of the molecule is CCOc1ccc(CCNC(=O)C(c2ccccc2)c2ccccc2)cc1OCC. The molecule has 1 amide bonds. The molecule has 0 unspecified atom stereocenters. The summed E-state index contributed by atoms with van der Waals surface area (Å²) in [6.07, 6.45) is 0.717. The highest BCUT2D eigenvalue weighted by Gasteiger charge is 2.22. The smallest absolute Gasteiger partial charge is 0.232 e. The van der Waals surface area contributed by atoms with Gasteiger partial charge in [0.25, 0.3) is 0 Å². The summed E-state index contributed by atoms with van der Waals surface area (Å²) in [5.41, 5.74) is 3.07. The van der Waals surface area contributed by atoms with Crippen LogP contribution in [0.4, 0.5) is 0 Å². The third-order valence-corrected chi connectivity index (χ3v) is 4.85. The van der Waals surface area contributed by atoms with Crippen molar-refractivity contribution in [1.29, 1.82) is 0 Å². The number of rotatable bonds is 10. The van der Waals surface area contributed by atoms with Gasteiger partial charge in [0.1, 0.15) is 0 Å². The molecule has 4 nitrogen and oxygen atoms in total. The van der Waals surface area contributed by atoms with Crippen LogP contribution in [0.3, 0.4) is 0 Å². The number of benzene rings is 3. The molecule has 0 spiro atoms. The highest BCUT2D eigenvalue weighted by molar-refractivity contribution is 5.87. The molecule has 0 heterocycles. The first-order chi connectivity index (χ1) is 14.7. The maximum Gasteiger partial charge on any atom is 0.232 e. The zero-order valence-electron chi connectivity index (χ0n) is 17.6. The van der Waals surface area contributed by atoms with Crippen LogP contribution in [0.25, 0.3) is 0 Å². The molecule has 0 aliphatic heterocycles. The van der Waals surface area contributed by atoms with Gasteiger partial charge in [0.05, 0.1) is 19.1 Å². The van der Waals surface area contributed by atoms with Crippen molar-refractivity contribution in [2.24, 2.45) is 0 Å². The molecule has 0 saturated heterocycles. The van der Waals surface area contributed by atoms with Gasteiger partial charge in [-0.15, -0.1) is 0 Å². The highest BCUT2D eigenvalue weighted by atomic mass is 16.5. The van der Waals surface area contributed by atoms with E-state index in [-0.39, 0.29) is 11.8 Å². The van der Waals surface area contributed by atoms with Crippen LogP contribution in [0.15, 0.2) is 78.9 Å². The van der Waals surface area contributed by atoms with Crippen LogP contribution >= 0.6 is 0 Å². The van der Waals surface area contributed by atoms with E-state index in [2.05, 4.69) is 5.32 Å². The summed E-state index contributed by atoms with van der Waals surface area (Å²) in [6, 6.07) is 25.7. The Morgan fingerprint density at radius 3 is 1.93 bits per heavy atom. The Morgan fingerprint density at radius 2 is 1.37 bits per heavy atom. The second-order valence-corrected chi connectivity index (χ2v) is 6.94. The Hall–Kier alpha value is -3.27. The van der Waals surface area contributed by atoms with Crippen LogP contribution in [0, 0.1) is 0 Å². The second kappa shape index (κ2) is 11.1. The molecule has 3 aromatic carbocycles. The molecule has 156 valence electrons. The molecule has 0 aliphatic carbocycles. The molecule has 30 heavy (non-hydrogen) atoms. The lowest BCUT2D eigenvalue weighted by atomic mass is 9.90. The minimum absolute atomic E-state index is 0.00312. The van der Waals surface area contributed by atoms with Crippen molar-refractivity contribution in [3.05, 3.63) is 95.6 Å². The first-order valence-electron chi connectivity index (χ1n) is 10.5. The zero-order valence-corrected chi connectivity index (χ0v) is 17.6. The third kappa shape index (κ3) is 5.63. The molecule has 4 heteroatoms. The number of nitrogens with one attached hydrogen (secondary N) is 1. The predicted octanol–water partition coefficient (Wildman–Crippen LogP) is 4.97. The van der Waals surface area contributed by atoms with Crippen LogP contribution in [-0.4, -0.2) is 25.7 Å². The van der Waals surface area contributed by atoms with Gasteiger partial charge in [-0.1, -0.05) is 66.7 Å². The van der Waals surface area contributed by atoms with Gasteiger partial charge in [-0.3, -0.25) is 4.79 Å². The standard InChI is InChI=1S/C26H29NO3/c1-3-29-23-16-15-20(19-24(23)30-4-2)17-18-27-26(28)25(21-11-7-5-8-12-21)22-13-9-6-10-14-22/h5-16,19,25H,3-4,17-18H2,1-2H3,(H,27,28). The molecule has 0 radical (unpaired) electrons. The Balaban J connectivity index is 1.68. The van der Waals surface area contributed by atoms with E-state index in [1.807, 2.05) is 92.7 Å². The van der Waals surface area contributed by atoms with E-state index < -0.39 is 0 Å². The van der Waals surface area contributed by atoms with E-state index in [1.54, 1.807) is 0 Å². The molecule has 1 N–H and O–H groups in total. The number of ether oxygens (including phenoxy) is 2. The number of carbonyl (C=O) groups is 1. The fourth-order valence-electron chi connectivity index (χ4n) is 3.47. The zero-order chi connectivity index (χ0) is 21.2. The summed E-state index contributed by atoms with van der Waals surface area (Å²) >= 11 is 0. The highest BCUT2D eigenvalue weighted by Crippen LogP contribution is 2.29. The fourth-order valence-corrected chi connectivity index (χ4v) is 3.47. The van der Waals surface area contributed by atoms with Gasteiger partial charge < -0.3 is 14.8 Å². The average Bonchev–Trinajstić information content (AvgIpc) is 2.77. The Labute approximate surface area is 178 Å². The summed E-state index contributed by atoms with van der Waals surface area (Å²) in [6.45, 7) is 5.63. The third-order valence-electron chi connectivity index (χ3n) is 4.85. The Morgan fingerprint density at radius 1 is 0.800 bits per heavy atom. The minimum Gasteiger partial charge on any atom is -0.490 e. The van der Waals surface area contributed by atoms with E-state index >= 15 is 0 Å². The monoisotopic (exact) mass is 403 g/mol. The number of hydrogen-bond acceptors (Lipinski definition) is 3. The van der Waals surface area contributed by atoms with E-state index in [1.165, 1.54) is 0 Å². The number of amides is 1. The fraction of sp³-hybridized carbons (Fsp3) is 0.269. The predicted molar refractivity (Wildman–Crippen MR) is 120 cm³/mol. The lowest BCUT2D eigenvalue weighted by molar-refractivity contribution is -0.121. The molecular formula is C26H29NO3. The molecule has 3 rings (SSSR count). The van der Waals surface area contributed by atoms with Gasteiger partial charge in [-0.05, 0) is 49.1 Å². The second-order valence-electron chi connectivity index (χ2n) is 6.94. The van der Waals surface area contributed by atoms with Crippen LogP contribution in [0.5, 0.6) is 11.5 Å². The largest absolute Gasteiger partial charge is 0.490 e. The quantitative estimate of drug-likeness (QED) is 0.520. The van der Waals surface area contributed by atoms with Crippen molar-refractivity contribution in [1.82, 2.24) is 5.32 Å². The normalized spacial score (nSPS) is 10.6. The number of carbonyl (C=O) groups excluding carboxylic acids is 1. The topological polar surface area (TPSA) is 47.6 Å². The van der Waals surface area contributed by atoms with Crippen LogP contribution in [0.2, 0.25) is 0 Å². The van der Waals surface area contributed by atoms with Gasteiger partial charge in [0, 0.05) is 6.54 Å². The minimum atomic E-state index is -0.327. The van der Waals surface area contributed by atoms with Crippen LogP contribution in [0.1, 0.15) is 36.5 Å². The van der Waals surface area contributed by atoms with Crippen LogP contribution < -0.4 is 14.8 Å². The summed E-state index contributed by atoms with van der Waals surface area (Å²) in [5, 5.41) is 3.11. The summed E-state index contributed by atoms with van der Waals surface area (Å²) in [4.78, 5) is 13.1. The molecule has 0 saturated carbocycles. The molecule has 0 atom stereocenters. The molecule has 0 fully saturated rings. The van der Waals surface area contributed by atoms with Crippen molar-refractivity contribution in [3.8, 4) is 11.5 Å². The van der Waals surface area contributed by atoms with Crippen LogP contribution in [-0.2, 0) is 11.2 Å². The lowest BCUT2D eigenvalue weighted by Crippen LogP contribution is -2.31. The molecule has 0 aromatic heterocycles. The molecule has 0 aliphatic rings.